The number of likely N-dealkylation sites (tertiary alicyclic amines) is 1. The van der Waals surface area contributed by atoms with Gasteiger partial charge in [0.1, 0.15) is 5.75 Å². The number of hydrogen-bond acceptors (Lipinski definition) is 6. The molecule has 1 amide bonds. The number of phenolic OH excluding ortho intramolecular Hbond substituents is 1. The Bertz CT molecular complexity index is 650. The maximum Gasteiger partial charge on any atom is 0.233 e. The van der Waals surface area contributed by atoms with Crippen LogP contribution in [-0.2, 0) is 4.79 Å². The van der Waals surface area contributed by atoms with E-state index in [9.17, 15) is 9.90 Å². The lowest BCUT2D eigenvalue weighted by molar-refractivity contribution is -0.128. The summed E-state index contributed by atoms with van der Waals surface area (Å²) in [5.41, 5.74) is 0.748. The maximum atomic E-state index is 12.3. The van der Waals surface area contributed by atoms with Gasteiger partial charge in [-0.25, -0.2) is 0 Å². The standard InChI is InChI=1S/C15H19N5O2S/c21-13-7-5-12(6-8-13)20-15(16-17-18-20)23-11-14(22)19-9-3-1-2-4-10-19/h5-8,21H,1-4,9-11H2. The number of phenols is 1. The molecule has 0 spiro atoms. The second kappa shape index (κ2) is 7.45. The average Bonchev–Trinajstić information content (AvgIpc) is 2.86. The van der Waals surface area contributed by atoms with Crippen LogP contribution in [0, 0.1) is 0 Å². The third kappa shape index (κ3) is 4.01. The van der Waals surface area contributed by atoms with Gasteiger partial charge in [0.15, 0.2) is 0 Å². The Hall–Kier alpha value is -2.09. The number of hydrogen-bond donors (Lipinski definition) is 1. The highest BCUT2D eigenvalue weighted by molar-refractivity contribution is 7.99. The van der Waals surface area contributed by atoms with Crippen molar-refractivity contribution in [3.05, 3.63) is 24.3 Å². The van der Waals surface area contributed by atoms with Crippen LogP contribution in [0.15, 0.2) is 29.4 Å². The molecule has 0 atom stereocenters. The first-order valence-electron chi connectivity index (χ1n) is 7.72. The summed E-state index contributed by atoms with van der Waals surface area (Å²) in [6, 6.07) is 6.61. The third-order valence-corrected chi connectivity index (χ3v) is 4.72. The van der Waals surface area contributed by atoms with E-state index in [4.69, 9.17) is 0 Å². The zero-order chi connectivity index (χ0) is 16.1. The molecule has 1 aromatic heterocycles. The Labute approximate surface area is 138 Å². The van der Waals surface area contributed by atoms with Gasteiger partial charge in [-0.2, -0.15) is 4.68 Å². The number of thioether (sulfide) groups is 1. The number of aromatic nitrogens is 4. The van der Waals surface area contributed by atoms with Crippen molar-refractivity contribution < 1.29 is 9.90 Å². The lowest BCUT2D eigenvalue weighted by Crippen LogP contribution is -2.33. The molecule has 8 heteroatoms. The van der Waals surface area contributed by atoms with Crippen LogP contribution in [0.4, 0.5) is 0 Å². The van der Waals surface area contributed by atoms with Crippen LogP contribution in [0.1, 0.15) is 25.7 Å². The predicted octanol–water partition coefficient (Wildman–Crippen LogP) is 1.86. The van der Waals surface area contributed by atoms with E-state index in [0.717, 1.165) is 31.6 Å². The minimum atomic E-state index is 0.136. The highest BCUT2D eigenvalue weighted by Gasteiger charge is 2.17. The van der Waals surface area contributed by atoms with Crippen LogP contribution in [0.25, 0.3) is 5.69 Å². The van der Waals surface area contributed by atoms with Crippen molar-refractivity contribution in [3.8, 4) is 11.4 Å². The minimum absolute atomic E-state index is 0.136. The topological polar surface area (TPSA) is 84.1 Å². The summed E-state index contributed by atoms with van der Waals surface area (Å²) < 4.78 is 1.57. The monoisotopic (exact) mass is 333 g/mol. The Balaban J connectivity index is 1.63. The van der Waals surface area contributed by atoms with E-state index >= 15 is 0 Å². The fourth-order valence-corrected chi connectivity index (χ4v) is 3.36. The zero-order valence-electron chi connectivity index (χ0n) is 12.8. The summed E-state index contributed by atoms with van der Waals surface area (Å²) in [4.78, 5) is 14.3. The van der Waals surface area contributed by atoms with Crippen LogP contribution in [0.5, 0.6) is 5.75 Å². The molecular weight excluding hydrogens is 314 g/mol. The number of nitrogens with zero attached hydrogens (tertiary/aromatic N) is 5. The molecule has 1 N–H and O–H groups in total. The first kappa shape index (κ1) is 15.8. The molecule has 2 aromatic rings. The molecule has 122 valence electrons. The molecule has 0 aliphatic carbocycles. The Morgan fingerprint density at radius 2 is 1.83 bits per heavy atom. The predicted molar refractivity (Wildman–Crippen MR) is 86.6 cm³/mol. The lowest BCUT2D eigenvalue weighted by atomic mass is 10.2. The molecule has 1 aromatic carbocycles. The molecule has 7 nitrogen and oxygen atoms in total. The number of rotatable bonds is 4. The normalized spacial score (nSPS) is 15.4. The van der Waals surface area contributed by atoms with E-state index in [1.165, 1.54) is 24.6 Å². The quantitative estimate of drug-likeness (QED) is 0.860. The SMILES string of the molecule is O=C(CSc1nnnn1-c1ccc(O)cc1)N1CCCCCC1. The summed E-state index contributed by atoms with van der Waals surface area (Å²) in [7, 11) is 0. The van der Waals surface area contributed by atoms with E-state index in [0.29, 0.717) is 10.9 Å². The summed E-state index contributed by atoms with van der Waals surface area (Å²) in [5, 5.41) is 21.5. The third-order valence-electron chi connectivity index (χ3n) is 3.82. The van der Waals surface area contributed by atoms with E-state index in [1.54, 1.807) is 28.9 Å². The van der Waals surface area contributed by atoms with E-state index in [1.807, 2.05) is 4.90 Å². The van der Waals surface area contributed by atoms with Crippen LogP contribution in [0.2, 0.25) is 0 Å². The van der Waals surface area contributed by atoms with Crippen molar-refractivity contribution in [2.75, 3.05) is 18.8 Å². The number of aromatic hydroxyl groups is 1. The van der Waals surface area contributed by atoms with Gasteiger partial charge in [-0.3, -0.25) is 4.79 Å². The number of amides is 1. The Kier molecular flexibility index (Phi) is 5.12. The summed E-state index contributed by atoms with van der Waals surface area (Å²) >= 11 is 1.33. The molecule has 1 aliphatic rings. The van der Waals surface area contributed by atoms with Crippen LogP contribution in [-0.4, -0.2) is 55.0 Å². The van der Waals surface area contributed by atoms with Crippen molar-refractivity contribution >= 4 is 17.7 Å². The van der Waals surface area contributed by atoms with Crippen molar-refractivity contribution in [1.82, 2.24) is 25.1 Å². The largest absolute Gasteiger partial charge is 0.508 e. The molecule has 0 saturated carbocycles. The molecule has 1 saturated heterocycles. The van der Waals surface area contributed by atoms with Crippen molar-refractivity contribution in [2.45, 2.75) is 30.8 Å². The van der Waals surface area contributed by atoms with Gasteiger partial charge in [0.25, 0.3) is 0 Å². The first-order valence-corrected chi connectivity index (χ1v) is 8.71. The van der Waals surface area contributed by atoms with Crippen molar-refractivity contribution in [1.29, 1.82) is 0 Å². The van der Waals surface area contributed by atoms with E-state index in [-0.39, 0.29) is 11.7 Å². The van der Waals surface area contributed by atoms with Gasteiger partial charge in [0.05, 0.1) is 11.4 Å². The van der Waals surface area contributed by atoms with Gasteiger partial charge in [0, 0.05) is 13.1 Å². The smallest absolute Gasteiger partial charge is 0.233 e. The Morgan fingerprint density at radius 1 is 1.13 bits per heavy atom. The molecule has 0 bridgehead atoms. The van der Waals surface area contributed by atoms with Crippen LogP contribution >= 0.6 is 11.8 Å². The summed E-state index contributed by atoms with van der Waals surface area (Å²) in [5.74, 6) is 0.655. The van der Waals surface area contributed by atoms with E-state index < -0.39 is 0 Å². The lowest BCUT2D eigenvalue weighted by Gasteiger charge is -2.19. The summed E-state index contributed by atoms with van der Waals surface area (Å²) in [6.07, 6.45) is 4.58. The highest BCUT2D eigenvalue weighted by atomic mass is 32.2. The van der Waals surface area contributed by atoms with Crippen molar-refractivity contribution in [3.63, 3.8) is 0 Å². The molecule has 1 aliphatic heterocycles. The minimum Gasteiger partial charge on any atom is -0.508 e. The van der Waals surface area contributed by atoms with Gasteiger partial charge >= 0.3 is 0 Å². The molecule has 1 fully saturated rings. The fraction of sp³-hybridized carbons (Fsp3) is 0.467. The number of tetrazole rings is 1. The van der Waals surface area contributed by atoms with Crippen LogP contribution < -0.4 is 0 Å². The molecule has 0 radical (unpaired) electrons. The number of carbonyl (C=O) groups excluding carboxylic acids is 1. The second-order valence-corrected chi connectivity index (χ2v) is 6.42. The first-order chi connectivity index (χ1) is 11.2. The van der Waals surface area contributed by atoms with E-state index in [2.05, 4.69) is 15.5 Å². The molecular formula is C15H19N5O2S. The maximum absolute atomic E-state index is 12.3. The fourth-order valence-electron chi connectivity index (χ4n) is 2.56. The number of carbonyl (C=O) groups is 1. The van der Waals surface area contributed by atoms with Crippen molar-refractivity contribution in [2.24, 2.45) is 0 Å². The molecule has 3 rings (SSSR count). The molecule has 0 unspecified atom stereocenters. The second-order valence-electron chi connectivity index (χ2n) is 5.47. The highest BCUT2D eigenvalue weighted by Crippen LogP contribution is 2.21. The van der Waals surface area contributed by atoms with Gasteiger partial charge in [-0.1, -0.05) is 24.6 Å². The zero-order valence-corrected chi connectivity index (χ0v) is 13.6. The Morgan fingerprint density at radius 3 is 2.52 bits per heavy atom. The van der Waals surface area contributed by atoms with Gasteiger partial charge in [0.2, 0.25) is 11.1 Å². The van der Waals surface area contributed by atoms with Gasteiger partial charge in [-0.05, 0) is 47.5 Å². The van der Waals surface area contributed by atoms with Crippen LogP contribution in [0.3, 0.4) is 0 Å². The number of benzene rings is 1. The van der Waals surface area contributed by atoms with Gasteiger partial charge < -0.3 is 10.0 Å². The molecule has 2 heterocycles. The summed E-state index contributed by atoms with van der Waals surface area (Å²) in [6.45, 7) is 1.70. The van der Waals surface area contributed by atoms with Gasteiger partial charge in [-0.15, -0.1) is 5.10 Å². The molecule has 23 heavy (non-hydrogen) atoms. The average molecular weight is 333 g/mol.